The summed E-state index contributed by atoms with van der Waals surface area (Å²) in [5.74, 6) is -0.537. The van der Waals surface area contributed by atoms with E-state index in [4.69, 9.17) is 15.9 Å². The van der Waals surface area contributed by atoms with Gasteiger partial charge in [0.1, 0.15) is 5.82 Å². The highest BCUT2D eigenvalue weighted by Gasteiger charge is 2.52. The molecule has 0 bridgehead atoms. The van der Waals surface area contributed by atoms with Gasteiger partial charge in [0, 0.05) is 0 Å². The molecule has 0 spiro atoms. The zero-order valence-electron chi connectivity index (χ0n) is 11.9. The minimum Gasteiger partial charge on any atom is -0.399 e. The molecule has 2 rings (SSSR count). The summed E-state index contributed by atoms with van der Waals surface area (Å²) in [7, 11) is -0.598. The van der Waals surface area contributed by atoms with Crippen molar-refractivity contribution in [3.63, 3.8) is 0 Å². The number of hydrogen-bond donors (Lipinski definition) is 0. The van der Waals surface area contributed by atoms with Gasteiger partial charge in [-0.15, -0.1) is 0 Å². The van der Waals surface area contributed by atoms with Crippen molar-refractivity contribution in [2.75, 3.05) is 0 Å². The van der Waals surface area contributed by atoms with Crippen LogP contribution in [0.15, 0.2) is 12.1 Å². The van der Waals surface area contributed by atoms with Crippen LogP contribution in [0.2, 0.25) is 0 Å². The maximum absolute atomic E-state index is 13.7. The molecule has 0 N–H and O–H groups in total. The molecule has 3 nitrogen and oxygen atoms in total. The van der Waals surface area contributed by atoms with E-state index in [2.05, 4.69) is 4.85 Å². The molecule has 0 unspecified atom stereocenters. The molecule has 1 heterocycles. The second-order valence-corrected chi connectivity index (χ2v) is 5.86. The first-order valence-corrected chi connectivity index (χ1v) is 6.21. The van der Waals surface area contributed by atoms with Crippen LogP contribution in [-0.2, 0) is 9.31 Å². The van der Waals surface area contributed by atoms with Crippen molar-refractivity contribution >= 4 is 18.3 Å². The molecule has 1 aliphatic rings. The summed E-state index contributed by atoms with van der Waals surface area (Å²) in [6, 6.07) is 2.87. The monoisotopic (exact) mass is 261 g/mol. The van der Waals surface area contributed by atoms with E-state index in [1.807, 2.05) is 34.6 Å². The first kappa shape index (κ1) is 14.0. The van der Waals surface area contributed by atoms with Crippen LogP contribution in [0.4, 0.5) is 10.1 Å². The lowest BCUT2D eigenvalue weighted by atomic mass is 9.76. The molecule has 0 saturated carbocycles. The van der Waals surface area contributed by atoms with E-state index in [0.717, 1.165) is 5.56 Å². The average Bonchev–Trinajstić information content (AvgIpc) is 2.50. The molecule has 0 amide bonds. The lowest BCUT2D eigenvalue weighted by Crippen LogP contribution is -2.41. The Hall–Kier alpha value is -1.38. The molecule has 19 heavy (non-hydrogen) atoms. The number of benzene rings is 1. The molecule has 1 aromatic carbocycles. The Morgan fingerprint density at radius 2 is 1.68 bits per heavy atom. The largest absolute Gasteiger partial charge is 0.495 e. The van der Waals surface area contributed by atoms with E-state index < -0.39 is 24.1 Å². The SMILES string of the molecule is [C-]#[N+]c1cc(C)c(B2OC(C)(C)C(C)(C)O2)cc1F. The molecular formula is C14H17BFNO2. The van der Waals surface area contributed by atoms with Crippen molar-refractivity contribution in [2.45, 2.75) is 45.8 Å². The van der Waals surface area contributed by atoms with Crippen LogP contribution in [-0.4, -0.2) is 18.3 Å². The Balaban J connectivity index is 2.41. The summed E-state index contributed by atoms with van der Waals surface area (Å²) in [6.07, 6.45) is 0. The van der Waals surface area contributed by atoms with E-state index in [0.29, 0.717) is 5.46 Å². The Kier molecular flexibility index (Phi) is 3.20. The van der Waals surface area contributed by atoms with Gasteiger partial charge in [0.25, 0.3) is 0 Å². The fourth-order valence-electron chi connectivity index (χ4n) is 1.99. The van der Waals surface area contributed by atoms with E-state index in [9.17, 15) is 4.39 Å². The van der Waals surface area contributed by atoms with Crippen molar-refractivity contribution in [3.05, 3.63) is 34.9 Å². The summed E-state index contributed by atoms with van der Waals surface area (Å²) in [4.78, 5) is 3.15. The van der Waals surface area contributed by atoms with E-state index in [1.54, 1.807) is 0 Å². The first-order chi connectivity index (χ1) is 8.68. The number of halogens is 1. The topological polar surface area (TPSA) is 22.8 Å². The minimum absolute atomic E-state index is 0.0257. The smallest absolute Gasteiger partial charge is 0.399 e. The Bertz CT molecular complexity index is 547. The van der Waals surface area contributed by atoms with Gasteiger partial charge in [-0.1, -0.05) is 11.6 Å². The lowest BCUT2D eigenvalue weighted by molar-refractivity contribution is 0.00578. The highest BCUT2D eigenvalue weighted by Crippen LogP contribution is 2.37. The first-order valence-electron chi connectivity index (χ1n) is 6.21. The van der Waals surface area contributed by atoms with Crippen LogP contribution in [0.25, 0.3) is 4.85 Å². The Morgan fingerprint density at radius 1 is 1.16 bits per heavy atom. The van der Waals surface area contributed by atoms with E-state index >= 15 is 0 Å². The molecule has 0 aromatic heterocycles. The van der Waals surface area contributed by atoms with Gasteiger partial charge in [0.2, 0.25) is 5.69 Å². The van der Waals surface area contributed by atoms with Crippen molar-refractivity contribution in [1.29, 1.82) is 0 Å². The van der Waals surface area contributed by atoms with Crippen LogP contribution < -0.4 is 5.46 Å². The maximum Gasteiger partial charge on any atom is 0.495 e. The zero-order chi connectivity index (χ0) is 14.4. The highest BCUT2D eigenvalue weighted by atomic mass is 19.1. The molecule has 0 radical (unpaired) electrons. The number of hydrogen-bond acceptors (Lipinski definition) is 2. The maximum atomic E-state index is 13.7. The van der Waals surface area contributed by atoms with Crippen LogP contribution in [0.5, 0.6) is 0 Å². The fraction of sp³-hybridized carbons (Fsp3) is 0.500. The summed E-state index contributed by atoms with van der Waals surface area (Å²) < 4.78 is 25.5. The summed E-state index contributed by atoms with van der Waals surface area (Å²) in [5, 5.41) is 0. The predicted octanol–water partition coefficient (Wildman–Crippen LogP) is 2.98. The van der Waals surface area contributed by atoms with Gasteiger partial charge in [0.15, 0.2) is 0 Å². The summed E-state index contributed by atoms with van der Waals surface area (Å²) in [5.41, 5.74) is 0.546. The highest BCUT2D eigenvalue weighted by molar-refractivity contribution is 6.62. The third-order valence-corrected chi connectivity index (χ3v) is 3.96. The lowest BCUT2D eigenvalue weighted by Gasteiger charge is -2.32. The third kappa shape index (κ3) is 2.26. The van der Waals surface area contributed by atoms with Gasteiger partial charge in [-0.05, 0) is 46.1 Å². The Labute approximate surface area is 113 Å². The number of nitrogens with zero attached hydrogens (tertiary/aromatic N) is 1. The zero-order valence-corrected chi connectivity index (χ0v) is 11.9. The van der Waals surface area contributed by atoms with Crippen LogP contribution in [0.1, 0.15) is 33.3 Å². The minimum atomic E-state index is -0.598. The molecular weight excluding hydrogens is 244 g/mol. The van der Waals surface area contributed by atoms with Crippen molar-refractivity contribution in [2.24, 2.45) is 0 Å². The summed E-state index contributed by atoms with van der Waals surface area (Å²) >= 11 is 0. The van der Waals surface area contributed by atoms with Gasteiger partial charge in [-0.25, -0.2) is 9.24 Å². The molecule has 1 aliphatic heterocycles. The van der Waals surface area contributed by atoms with Crippen LogP contribution in [0.3, 0.4) is 0 Å². The van der Waals surface area contributed by atoms with Crippen molar-refractivity contribution < 1.29 is 13.7 Å². The predicted molar refractivity (Wildman–Crippen MR) is 73.1 cm³/mol. The molecule has 1 aromatic rings. The van der Waals surface area contributed by atoms with Gasteiger partial charge in [0.05, 0.1) is 17.8 Å². The fourth-order valence-corrected chi connectivity index (χ4v) is 1.99. The normalized spacial score (nSPS) is 20.4. The second-order valence-electron chi connectivity index (χ2n) is 5.86. The third-order valence-electron chi connectivity index (χ3n) is 3.96. The molecule has 5 heteroatoms. The quantitative estimate of drug-likeness (QED) is 0.573. The molecule has 1 fully saturated rings. The van der Waals surface area contributed by atoms with Crippen molar-refractivity contribution in [3.8, 4) is 0 Å². The van der Waals surface area contributed by atoms with E-state index in [-0.39, 0.29) is 5.69 Å². The second kappa shape index (κ2) is 4.33. The molecule has 0 atom stereocenters. The van der Waals surface area contributed by atoms with Gasteiger partial charge in [-0.3, -0.25) is 0 Å². The van der Waals surface area contributed by atoms with Gasteiger partial charge < -0.3 is 9.31 Å². The van der Waals surface area contributed by atoms with Crippen LogP contribution >= 0.6 is 0 Å². The average molecular weight is 261 g/mol. The van der Waals surface area contributed by atoms with Gasteiger partial charge in [-0.2, -0.15) is 0 Å². The van der Waals surface area contributed by atoms with Crippen LogP contribution in [0, 0.1) is 19.3 Å². The van der Waals surface area contributed by atoms with E-state index in [1.165, 1.54) is 12.1 Å². The molecule has 0 aliphatic carbocycles. The Morgan fingerprint density at radius 3 is 2.16 bits per heavy atom. The molecule has 100 valence electrons. The number of aryl methyl sites for hydroxylation is 1. The number of rotatable bonds is 1. The molecule has 1 saturated heterocycles. The van der Waals surface area contributed by atoms with Gasteiger partial charge >= 0.3 is 7.12 Å². The standard InChI is InChI=1S/C14H17BFNO2/c1-9-7-12(17-6)11(16)8-10(9)15-18-13(2,3)14(4,5)19-15/h7-8H,1-5H3. The van der Waals surface area contributed by atoms with Crippen molar-refractivity contribution in [1.82, 2.24) is 0 Å². The summed E-state index contributed by atoms with van der Waals surface area (Å²) in [6.45, 7) is 16.5.